The van der Waals surface area contributed by atoms with Crippen LogP contribution >= 0.6 is 0 Å². The van der Waals surface area contributed by atoms with Gasteiger partial charge in [-0.05, 0) is 33.3 Å². The van der Waals surface area contributed by atoms with E-state index in [1.54, 1.807) is 27.7 Å². The molecule has 1 aromatic carbocycles. The average Bonchev–Trinajstić information content (AvgIpc) is 2.48. The minimum Gasteiger partial charge on any atom is -0.459 e. The number of carbonyl (C=O) groups is 2. The Balaban J connectivity index is 2.63. The Morgan fingerprint density at radius 2 is 1.96 bits per heavy atom. The predicted molar refractivity (Wildman–Crippen MR) is 88.6 cm³/mol. The number of carbonyl (C=O) groups excluding carboxylic acids is 2. The summed E-state index contributed by atoms with van der Waals surface area (Å²) in [4.78, 5) is 23.6. The van der Waals surface area contributed by atoms with Crippen LogP contribution in [-0.2, 0) is 9.53 Å². The maximum Gasteiger partial charge on any atom is 0.350 e. The maximum absolute atomic E-state index is 12.0. The van der Waals surface area contributed by atoms with Gasteiger partial charge in [-0.2, -0.15) is 5.10 Å². The molecular formula is C17H21N3O3. The summed E-state index contributed by atoms with van der Waals surface area (Å²) in [7, 11) is 0. The largest absolute Gasteiger partial charge is 0.459 e. The van der Waals surface area contributed by atoms with Crippen LogP contribution in [0.15, 0.2) is 35.4 Å². The number of benzene rings is 1. The van der Waals surface area contributed by atoms with Gasteiger partial charge in [0.1, 0.15) is 12.1 Å². The lowest BCUT2D eigenvalue weighted by Gasteiger charge is -2.19. The van der Waals surface area contributed by atoms with Crippen molar-refractivity contribution in [1.29, 1.82) is 0 Å². The van der Waals surface area contributed by atoms with Crippen molar-refractivity contribution in [3.63, 3.8) is 0 Å². The zero-order valence-corrected chi connectivity index (χ0v) is 13.8. The fourth-order valence-electron chi connectivity index (χ4n) is 1.50. The highest BCUT2D eigenvalue weighted by Crippen LogP contribution is 2.06. The van der Waals surface area contributed by atoms with E-state index in [0.29, 0.717) is 0 Å². The molecule has 0 saturated carbocycles. The smallest absolute Gasteiger partial charge is 0.350 e. The van der Waals surface area contributed by atoms with Crippen molar-refractivity contribution in [2.24, 2.45) is 5.10 Å². The lowest BCUT2D eigenvalue weighted by atomic mass is 10.2. The third-order valence-corrected chi connectivity index (χ3v) is 2.34. The van der Waals surface area contributed by atoms with Crippen LogP contribution in [0.25, 0.3) is 0 Å². The van der Waals surface area contributed by atoms with Crippen molar-refractivity contribution in [3.05, 3.63) is 35.9 Å². The molecule has 0 atom stereocenters. The van der Waals surface area contributed by atoms with Crippen LogP contribution < -0.4 is 5.32 Å². The minimum atomic E-state index is -0.601. The van der Waals surface area contributed by atoms with Crippen LogP contribution in [0.1, 0.15) is 33.3 Å². The predicted octanol–water partition coefficient (Wildman–Crippen LogP) is 2.35. The Labute approximate surface area is 136 Å². The standard InChI is InChI=1S/C17H21N3O3/c1-5-11-20(19-12-14-9-7-6-8-10-14)16(22)18-13-15(21)23-17(2,3)4/h6-10,12H,13H2,1-4H3,(H,18,22)/b19-12+. The number of rotatable bonds is 4. The Kier molecular flexibility index (Phi) is 6.81. The number of hydrazone groups is 1. The van der Waals surface area contributed by atoms with Crippen LogP contribution in [0.5, 0.6) is 0 Å². The highest BCUT2D eigenvalue weighted by molar-refractivity contribution is 5.84. The van der Waals surface area contributed by atoms with Gasteiger partial charge >= 0.3 is 12.0 Å². The normalized spacial score (nSPS) is 10.6. The van der Waals surface area contributed by atoms with Crippen molar-refractivity contribution >= 4 is 18.2 Å². The number of esters is 1. The van der Waals surface area contributed by atoms with Crippen LogP contribution in [-0.4, -0.2) is 35.4 Å². The lowest BCUT2D eigenvalue weighted by Crippen LogP contribution is -2.39. The second-order valence-electron chi connectivity index (χ2n) is 5.57. The van der Waals surface area contributed by atoms with Gasteiger partial charge in [-0.1, -0.05) is 36.3 Å². The van der Waals surface area contributed by atoms with Crippen molar-refractivity contribution < 1.29 is 14.3 Å². The first-order valence-corrected chi connectivity index (χ1v) is 7.13. The van der Waals surface area contributed by atoms with Gasteiger partial charge in [0, 0.05) is 6.04 Å². The Bertz CT molecular complexity index is 622. The number of nitrogens with one attached hydrogen (secondary N) is 1. The molecule has 0 aliphatic heterocycles. The molecule has 6 nitrogen and oxygen atoms in total. The molecule has 0 bridgehead atoms. The van der Waals surface area contributed by atoms with Gasteiger partial charge in [-0.15, -0.1) is 5.01 Å². The lowest BCUT2D eigenvalue weighted by molar-refractivity contribution is -0.153. The van der Waals surface area contributed by atoms with Gasteiger partial charge in [-0.3, -0.25) is 4.79 Å². The van der Waals surface area contributed by atoms with Gasteiger partial charge in [-0.25, -0.2) is 4.79 Å². The average molecular weight is 315 g/mol. The van der Waals surface area contributed by atoms with E-state index >= 15 is 0 Å². The monoisotopic (exact) mass is 315 g/mol. The van der Waals surface area contributed by atoms with E-state index in [-0.39, 0.29) is 6.54 Å². The molecule has 6 heteroatoms. The Morgan fingerprint density at radius 3 is 2.52 bits per heavy atom. The molecule has 0 unspecified atom stereocenters. The van der Waals surface area contributed by atoms with E-state index in [1.165, 1.54) is 6.21 Å². The van der Waals surface area contributed by atoms with Crippen molar-refractivity contribution in [2.45, 2.75) is 33.3 Å². The molecule has 1 N–H and O–H groups in total. The van der Waals surface area contributed by atoms with Crippen LogP contribution in [0.4, 0.5) is 4.79 Å². The summed E-state index contributed by atoms with van der Waals surface area (Å²) in [5, 5.41) is 7.37. The highest BCUT2D eigenvalue weighted by Gasteiger charge is 2.18. The van der Waals surface area contributed by atoms with Gasteiger partial charge < -0.3 is 10.1 Å². The fourth-order valence-corrected chi connectivity index (χ4v) is 1.50. The Morgan fingerprint density at radius 1 is 1.30 bits per heavy atom. The molecule has 0 saturated heterocycles. The first-order valence-electron chi connectivity index (χ1n) is 7.13. The molecule has 122 valence electrons. The highest BCUT2D eigenvalue weighted by atomic mass is 16.6. The third-order valence-electron chi connectivity index (χ3n) is 2.34. The second kappa shape index (κ2) is 8.59. The molecule has 0 aromatic heterocycles. The SMILES string of the molecule is CC#CN(/N=C/c1ccccc1)C(=O)NCC(=O)OC(C)(C)C. The number of hydrogen-bond acceptors (Lipinski definition) is 4. The first kappa shape index (κ1) is 18.2. The summed E-state index contributed by atoms with van der Waals surface area (Å²) in [6.45, 7) is 6.61. The van der Waals surface area contributed by atoms with Crippen molar-refractivity contribution in [3.8, 4) is 12.0 Å². The molecule has 0 aliphatic carbocycles. The molecule has 1 aromatic rings. The Hall–Kier alpha value is -2.81. The third kappa shape index (κ3) is 7.67. The van der Waals surface area contributed by atoms with Gasteiger partial charge in [0.2, 0.25) is 0 Å². The molecule has 0 aliphatic rings. The molecule has 0 fully saturated rings. The topological polar surface area (TPSA) is 71.0 Å². The van der Waals surface area contributed by atoms with Crippen molar-refractivity contribution in [2.75, 3.05) is 6.54 Å². The summed E-state index contributed by atoms with van der Waals surface area (Å²) in [5.74, 6) is 2.07. The summed E-state index contributed by atoms with van der Waals surface area (Å²) in [6, 6.07) is 11.2. The first-order chi connectivity index (χ1) is 10.8. The summed E-state index contributed by atoms with van der Waals surface area (Å²) >= 11 is 0. The summed E-state index contributed by atoms with van der Waals surface area (Å²) in [5.41, 5.74) is 0.228. The van der Waals surface area contributed by atoms with Gasteiger partial charge in [0.15, 0.2) is 0 Å². The van der Waals surface area contributed by atoms with E-state index in [0.717, 1.165) is 10.6 Å². The summed E-state index contributed by atoms with van der Waals surface area (Å²) < 4.78 is 5.11. The number of ether oxygens (including phenoxy) is 1. The summed E-state index contributed by atoms with van der Waals surface area (Å²) in [6.07, 6.45) is 1.51. The van der Waals surface area contributed by atoms with E-state index in [9.17, 15) is 9.59 Å². The van der Waals surface area contributed by atoms with Gasteiger partial charge in [0.25, 0.3) is 0 Å². The van der Waals surface area contributed by atoms with Crippen LogP contribution in [0.2, 0.25) is 0 Å². The maximum atomic E-state index is 12.0. The molecule has 2 amide bonds. The zero-order chi connectivity index (χ0) is 17.3. The number of urea groups is 1. The van der Waals surface area contributed by atoms with Crippen LogP contribution in [0.3, 0.4) is 0 Å². The van der Waals surface area contributed by atoms with E-state index in [1.807, 2.05) is 30.3 Å². The number of hydrogen-bond donors (Lipinski definition) is 1. The number of nitrogens with zero attached hydrogens (tertiary/aromatic N) is 2. The zero-order valence-electron chi connectivity index (χ0n) is 13.8. The molecule has 23 heavy (non-hydrogen) atoms. The van der Waals surface area contributed by atoms with Crippen LogP contribution in [0, 0.1) is 12.0 Å². The van der Waals surface area contributed by atoms with E-state index < -0.39 is 17.6 Å². The molecule has 0 spiro atoms. The fraction of sp³-hybridized carbons (Fsp3) is 0.353. The molecule has 0 radical (unpaired) electrons. The number of amides is 2. The van der Waals surface area contributed by atoms with Crippen molar-refractivity contribution in [1.82, 2.24) is 10.3 Å². The quantitative estimate of drug-likeness (QED) is 0.305. The van der Waals surface area contributed by atoms with Gasteiger partial charge in [0.05, 0.1) is 6.21 Å². The molecule has 0 heterocycles. The van der Waals surface area contributed by atoms with E-state index in [2.05, 4.69) is 22.4 Å². The minimum absolute atomic E-state index is 0.251. The van der Waals surface area contributed by atoms with E-state index in [4.69, 9.17) is 4.74 Å². The molecular weight excluding hydrogens is 294 g/mol. The molecule has 1 rings (SSSR count). The second-order valence-corrected chi connectivity index (χ2v) is 5.57.